The van der Waals surface area contributed by atoms with Crippen LogP contribution >= 0.6 is 38.9 Å². The summed E-state index contributed by atoms with van der Waals surface area (Å²) in [5, 5.41) is 0. The molecule has 0 amide bonds. The molecule has 0 aliphatic rings. The number of rotatable bonds is 5. The molecule has 2 aromatic rings. The lowest BCUT2D eigenvalue weighted by molar-refractivity contribution is 0.466. The number of alkyl halides is 1. The van der Waals surface area contributed by atoms with Crippen LogP contribution in [0.15, 0.2) is 39.3 Å². The average Bonchev–Trinajstić information content (AvgIpc) is 2.82. The zero-order valence-electron chi connectivity index (χ0n) is 10.6. The molecule has 0 N–H and O–H groups in total. The van der Waals surface area contributed by atoms with E-state index < -0.39 is 10.0 Å². The van der Waals surface area contributed by atoms with Crippen molar-refractivity contribution in [1.82, 2.24) is 9.29 Å². The molecule has 4 nitrogen and oxygen atoms in total. The van der Waals surface area contributed by atoms with Gasteiger partial charge in [0.05, 0.1) is 9.67 Å². The minimum atomic E-state index is -3.54. The first-order valence-corrected chi connectivity index (χ1v) is 9.23. The van der Waals surface area contributed by atoms with Crippen LogP contribution in [0.4, 0.5) is 0 Å². The molecule has 0 saturated heterocycles. The van der Waals surface area contributed by atoms with Gasteiger partial charge in [0.25, 0.3) is 0 Å². The molecule has 0 aliphatic heterocycles. The number of hydrogen-bond acceptors (Lipinski definition) is 4. The highest BCUT2D eigenvalue weighted by atomic mass is 79.9. The van der Waals surface area contributed by atoms with E-state index in [1.54, 1.807) is 37.6 Å². The topological polar surface area (TPSA) is 50.3 Å². The van der Waals surface area contributed by atoms with Gasteiger partial charge in [-0.3, -0.25) is 4.98 Å². The van der Waals surface area contributed by atoms with E-state index in [0.29, 0.717) is 16.2 Å². The molecular weight excluding hydrogens is 384 g/mol. The second-order valence-corrected chi connectivity index (χ2v) is 8.84. The number of hydrogen-bond donors (Lipinski definition) is 0. The Kier molecular flexibility index (Phi) is 5.19. The van der Waals surface area contributed by atoms with Gasteiger partial charge in [-0.2, -0.15) is 4.31 Å². The molecule has 0 radical (unpaired) electrons. The van der Waals surface area contributed by atoms with Crippen molar-refractivity contribution >= 4 is 48.9 Å². The third-order valence-corrected chi connectivity index (χ3v) is 7.18. The Hall–Kier alpha value is -0.470. The molecule has 108 valence electrons. The van der Waals surface area contributed by atoms with Crippen LogP contribution in [-0.4, -0.2) is 24.8 Å². The second-order valence-electron chi connectivity index (χ2n) is 4.10. The third-order valence-electron chi connectivity index (χ3n) is 2.68. The van der Waals surface area contributed by atoms with Gasteiger partial charge < -0.3 is 0 Å². The standard InChI is InChI=1S/C12H12BrClN2O2S2/c1-16(8-9-2-4-15-5-3-9)20(17,18)11-6-10(7-14)19-12(11)13/h2-6H,7-8H2,1H3. The first-order chi connectivity index (χ1) is 9.45. The molecule has 0 saturated carbocycles. The molecule has 0 spiro atoms. The highest BCUT2D eigenvalue weighted by Gasteiger charge is 2.25. The van der Waals surface area contributed by atoms with Gasteiger partial charge in [0.15, 0.2) is 0 Å². The summed E-state index contributed by atoms with van der Waals surface area (Å²) in [5.74, 6) is 0.298. The van der Waals surface area contributed by atoms with Crippen LogP contribution in [0.2, 0.25) is 0 Å². The van der Waals surface area contributed by atoms with Crippen molar-refractivity contribution in [3.8, 4) is 0 Å². The fraction of sp³-hybridized carbons (Fsp3) is 0.250. The van der Waals surface area contributed by atoms with Crippen molar-refractivity contribution in [3.05, 3.63) is 44.8 Å². The van der Waals surface area contributed by atoms with E-state index in [2.05, 4.69) is 20.9 Å². The Morgan fingerprint density at radius 1 is 1.40 bits per heavy atom. The molecule has 2 heterocycles. The minimum absolute atomic E-state index is 0.259. The van der Waals surface area contributed by atoms with Gasteiger partial charge in [-0.25, -0.2) is 8.42 Å². The number of aromatic nitrogens is 1. The maximum atomic E-state index is 12.5. The maximum Gasteiger partial charge on any atom is 0.245 e. The van der Waals surface area contributed by atoms with Gasteiger partial charge in [-0.1, -0.05) is 0 Å². The molecule has 8 heteroatoms. The van der Waals surface area contributed by atoms with E-state index >= 15 is 0 Å². The fourth-order valence-corrected chi connectivity index (χ4v) is 5.52. The summed E-state index contributed by atoms with van der Waals surface area (Å²) in [6.07, 6.45) is 3.28. The fourth-order valence-electron chi connectivity index (χ4n) is 1.64. The van der Waals surface area contributed by atoms with Gasteiger partial charge in [-0.05, 0) is 39.7 Å². The van der Waals surface area contributed by atoms with E-state index in [4.69, 9.17) is 11.6 Å². The Morgan fingerprint density at radius 3 is 2.60 bits per heavy atom. The summed E-state index contributed by atoms with van der Waals surface area (Å²) in [7, 11) is -1.98. The van der Waals surface area contributed by atoms with Crippen LogP contribution in [0, 0.1) is 0 Å². The largest absolute Gasteiger partial charge is 0.265 e. The zero-order chi connectivity index (χ0) is 14.8. The molecule has 0 bridgehead atoms. The van der Waals surface area contributed by atoms with E-state index in [9.17, 15) is 8.42 Å². The molecule has 0 fully saturated rings. The Bertz CT molecular complexity index is 689. The maximum absolute atomic E-state index is 12.5. The van der Waals surface area contributed by atoms with Gasteiger partial charge in [0.2, 0.25) is 10.0 Å². The average molecular weight is 396 g/mol. The Labute approximate surface area is 135 Å². The molecular formula is C12H12BrClN2O2S2. The number of halogens is 2. The highest BCUT2D eigenvalue weighted by Crippen LogP contribution is 2.34. The second kappa shape index (κ2) is 6.53. The van der Waals surface area contributed by atoms with E-state index in [1.165, 1.54) is 15.6 Å². The molecule has 0 aliphatic carbocycles. The van der Waals surface area contributed by atoms with Crippen molar-refractivity contribution in [1.29, 1.82) is 0 Å². The number of sulfonamides is 1. The first-order valence-electron chi connectivity index (χ1n) is 5.64. The van der Waals surface area contributed by atoms with E-state index in [1.807, 2.05) is 0 Å². The predicted molar refractivity (Wildman–Crippen MR) is 84.5 cm³/mol. The van der Waals surface area contributed by atoms with Crippen molar-refractivity contribution < 1.29 is 8.42 Å². The van der Waals surface area contributed by atoms with Crippen molar-refractivity contribution in [2.75, 3.05) is 7.05 Å². The summed E-state index contributed by atoms with van der Waals surface area (Å²) < 4.78 is 27.0. The monoisotopic (exact) mass is 394 g/mol. The first kappa shape index (κ1) is 15.9. The molecule has 0 unspecified atom stereocenters. The quantitative estimate of drug-likeness (QED) is 0.728. The summed E-state index contributed by atoms with van der Waals surface area (Å²) in [6, 6.07) is 5.19. The lowest BCUT2D eigenvalue weighted by Crippen LogP contribution is -2.26. The van der Waals surface area contributed by atoms with Crippen molar-refractivity contribution in [2.24, 2.45) is 0 Å². The lowest BCUT2D eigenvalue weighted by atomic mass is 10.3. The molecule has 0 aromatic carbocycles. The van der Waals surface area contributed by atoms with Gasteiger partial charge in [-0.15, -0.1) is 22.9 Å². The van der Waals surface area contributed by atoms with E-state index in [-0.39, 0.29) is 4.90 Å². The van der Waals surface area contributed by atoms with Gasteiger partial charge in [0, 0.05) is 30.9 Å². The molecule has 2 aromatic heterocycles. The summed E-state index contributed by atoms with van der Waals surface area (Å²) in [6.45, 7) is 0.295. The van der Waals surface area contributed by atoms with Crippen LogP contribution in [0.5, 0.6) is 0 Å². The summed E-state index contributed by atoms with van der Waals surface area (Å²) in [5.41, 5.74) is 0.884. The summed E-state index contributed by atoms with van der Waals surface area (Å²) in [4.78, 5) is 4.99. The highest BCUT2D eigenvalue weighted by molar-refractivity contribution is 9.11. The van der Waals surface area contributed by atoms with Crippen LogP contribution in [0.1, 0.15) is 10.4 Å². The predicted octanol–water partition coefficient (Wildman–Crippen LogP) is 3.47. The summed E-state index contributed by atoms with van der Waals surface area (Å²) >= 11 is 10.4. The van der Waals surface area contributed by atoms with Crippen molar-refractivity contribution in [2.45, 2.75) is 17.3 Å². The number of thiophene rings is 1. The molecule has 20 heavy (non-hydrogen) atoms. The normalized spacial score (nSPS) is 12.0. The molecule has 0 atom stereocenters. The minimum Gasteiger partial charge on any atom is -0.265 e. The SMILES string of the molecule is CN(Cc1ccncc1)S(=O)(=O)c1cc(CCl)sc1Br. The Morgan fingerprint density at radius 2 is 2.05 bits per heavy atom. The number of pyridine rings is 1. The number of nitrogens with zero attached hydrogens (tertiary/aromatic N) is 2. The van der Waals surface area contributed by atoms with Gasteiger partial charge >= 0.3 is 0 Å². The Balaban J connectivity index is 2.27. The van der Waals surface area contributed by atoms with E-state index in [0.717, 1.165) is 10.4 Å². The smallest absolute Gasteiger partial charge is 0.245 e. The van der Waals surface area contributed by atoms with Crippen LogP contribution < -0.4 is 0 Å². The van der Waals surface area contributed by atoms with Crippen LogP contribution in [-0.2, 0) is 22.4 Å². The molecule has 2 rings (SSSR count). The van der Waals surface area contributed by atoms with Crippen molar-refractivity contribution in [3.63, 3.8) is 0 Å². The lowest BCUT2D eigenvalue weighted by Gasteiger charge is -2.16. The van der Waals surface area contributed by atoms with Crippen LogP contribution in [0.3, 0.4) is 0 Å². The van der Waals surface area contributed by atoms with Crippen LogP contribution in [0.25, 0.3) is 0 Å². The third kappa shape index (κ3) is 3.40. The zero-order valence-corrected chi connectivity index (χ0v) is 14.6. The van der Waals surface area contributed by atoms with Gasteiger partial charge in [0.1, 0.15) is 4.90 Å².